The highest BCUT2D eigenvalue weighted by Gasteiger charge is 2.11. The number of hydrogen-bond acceptors (Lipinski definition) is 4. The average Bonchev–Trinajstić information content (AvgIpc) is 2.71. The van der Waals surface area contributed by atoms with Crippen LogP contribution in [-0.2, 0) is 0 Å². The lowest BCUT2D eigenvalue weighted by Gasteiger charge is -2.13. The molecule has 0 aliphatic carbocycles. The van der Waals surface area contributed by atoms with E-state index in [9.17, 15) is 4.39 Å². The van der Waals surface area contributed by atoms with Crippen molar-refractivity contribution in [3.05, 3.63) is 77.8 Å². The van der Waals surface area contributed by atoms with Crippen LogP contribution in [0.4, 0.5) is 15.9 Å². The summed E-state index contributed by atoms with van der Waals surface area (Å²) < 4.78 is 18.8. The maximum atomic E-state index is 13.5. The summed E-state index contributed by atoms with van der Waals surface area (Å²) in [5, 5.41) is 5.15. The van der Waals surface area contributed by atoms with Gasteiger partial charge in [-0.05, 0) is 53.9 Å². The Morgan fingerprint density at radius 2 is 1.96 bits per heavy atom. The molecule has 2 heterocycles. The lowest BCUT2D eigenvalue weighted by Crippen LogP contribution is -1.98. The summed E-state index contributed by atoms with van der Waals surface area (Å²) in [5.74, 6) is 0.873. The van der Waals surface area contributed by atoms with E-state index in [2.05, 4.69) is 10.3 Å². The molecule has 0 bridgehead atoms. The molecule has 0 saturated heterocycles. The minimum absolute atomic E-state index is 0.0466. The molecule has 0 fully saturated rings. The van der Waals surface area contributed by atoms with Crippen LogP contribution in [-0.4, -0.2) is 17.1 Å². The van der Waals surface area contributed by atoms with Gasteiger partial charge in [0, 0.05) is 29.0 Å². The predicted octanol–water partition coefficient (Wildman–Crippen LogP) is 5.84. The second kappa shape index (κ2) is 7.21. The van der Waals surface area contributed by atoms with Gasteiger partial charge < -0.3 is 10.1 Å². The normalized spacial score (nSPS) is 10.8. The Balaban J connectivity index is 1.88. The summed E-state index contributed by atoms with van der Waals surface area (Å²) >= 11 is 5.91. The molecule has 0 radical (unpaired) electrons. The van der Waals surface area contributed by atoms with Crippen molar-refractivity contribution in [1.29, 1.82) is 0 Å². The van der Waals surface area contributed by atoms with E-state index < -0.39 is 5.82 Å². The van der Waals surface area contributed by atoms with E-state index >= 15 is 0 Å². The van der Waals surface area contributed by atoms with E-state index in [1.165, 1.54) is 12.1 Å². The van der Waals surface area contributed by atoms with Gasteiger partial charge in [-0.3, -0.25) is 4.98 Å². The Morgan fingerprint density at radius 3 is 2.70 bits per heavy atom. The van der Waals surface area contributed by atoms with E-state index in [0.29, 0.717) is 11.5 Å². The maximum absolute atomic E-state index is 13.5. The van der Waals surface area contributed by atoms with Crippen LogP contribution in [0.1, 0.15) is 0 Å². The highest BCUT2D eigenvalue weighted by Crippen LogP contribution is 2.32. The van der Waals surface area contributed by atoms with Crippen molar-refractivity contribution in [3.8, 4) is 17.0 Å². The number of pyridine rings is 2. The molecule has 4 rings (SSSR count). The summed E-state index contributed by atoms with van der Waals surface area (Å²) in [6.07, 6.45) is 3.48. The van der Waals surface area contributed by atoms with Crippen molar-refractivity contribution in [2.24, 2.45) is 0 Å². The molecule has 6 heteroatoms. The molecule has 0 saturated carbocycles. The summed E-state index contributed by atoms with van der Waals surface area (Å²) in [7, 11) is 1.62. The highest BCUT2D eigenvalue weighted by atomic mass is 35.5. The molecule has 4 aromatic rings. The Labute approximate surface area is 160 Å². The number of anilines is 2. The quantitative estimate of drug-likeness (QED) is 0.483. The smallest absolute Gasteiger partial charge is 0.141 e. The first kappa shape index (κ1) is 17.2. The molecule has 1 N–H and O–H groups in total. The van der Waals surface area contributed by atoms with Crippen molar-refractivity contribution in [2.75, 3.05) is 12.4 Å². The summed E-state index contributed by atoms with van der Waals surface area (Å²) in [6.45, 7) is 0. The minimum Gasteiger partial charge on any atom is -0.497 e. The van der Waals surface area contributed by atoms with Gasteiger partial charge in [-0.1, -0.05) is 17.7 Å². The summed E-state index contributed by atoms with van der Waals surface area (Å²) in [6, 6.07) is 16.0. The zero-order valence-electron chi connectivity index (χ0n) is 14.4. The SMILES string of the molecule is COc1ccc2cc(-c3cccnc3)nc(Nc3ccc(F)c(Cl)c3)c2c1. The first-order chi connectivity index (χ1) is 13.1. The van der Waals surface area contributed by atoms with E-state index in [0.717, 1.165) is 27.8 Å². The predicted molar refractivity (Wildman–Crippen MR) is 106 cm³/mol. The molecule has 4 nitrogen and oxygen atoms in total. The van der Waals surface area contributed by atoms with Crippen LogP contribution >= 0.6 is 11.6 Å². The van der Waals surface area contributed by atoms with E-state index in [1.807, 2.05) is 36.4 Å². The molecule has 0 amide bonds. The Kier molecular flexibility index (Phi) is 4.60. The van der Waals surface area contributed by atoms with Gasteiger partial charge in [0.25, 0.3) is 0 Å². The zero-order valence-corrected chi connectivity index (χ0v) is 15.2. The molecule has 0 aliphatic heterocycles. The molecular weight excluding hydrogens is 365 g/mol. The topological polar surface area (TPSA) is 47.0 Å². The van der Waals surface area contributed by atoms with Crippen molar-refractivity contribution in [2.45, 2.75) is 0 Å². The van der Waals surface area contributed by atoms with Gasteiger partial charge in [0.1, 0.15) is 17.4 Å². The second-order valence-electron chi connectivity index (χ2n) is 5.94. The van der Waals surface area contributed by atoms with Gasteiger partial charge >= 0.3 is 0 Å². The average molecular weight is 380 g/mol. The summed E-state index contributed by atoms with van der Waals surface area (Å²) in [5.41, 5.74) is 2.31. The van der Waals surface area contributed by atoms with Crippen molar-refractivity contribution in [3.63, 3.8) is 0 Å². The van der Waals surface area contributed by atoms with E-state index in [-0.39, 0.29) is 5.02 Å². The minimum atomic E-state index is -0.467. The van der Waals surface area contributed by atoms with Crippen molar-refractivity contribution in [1.82, 2.24) is 9.97 Å². The fourth-order valence-electron chi connectivity index (χ4n) is 2.82. The number of methoxy groups -OCH3 is 1. The number of rotatable bonds is 4. The molecule has 0 unspecified atom stereocenters. The van der Waals surface area contributed by atoms with Crippen LogP contribution in [0, 0.1) is 5.82 Å². The number of aromatic nitrogens is 2. The number of nitrogens with one attached hydrogen (secondary N) is 1. The van der Waals surface area contributed by atoms with Gasteiger partial charge in [-0.15, -0.1) is 0 Å². The molecule has 27 heavy (non-hydrogen) atoms. The van der Waals surface area contributed by atoms with Crippen LogP contribution in [0.25, 0.3) is 22.0 Å². The number of ether oxygens (including phenoxy) is 1. The maximum Gasteiger partial charge on any atom is 0.141 e. The van der Waals surface area contributed by atoms with Crippen LogP contribution in [0.15, 0.2) is 67.0 Å². The number of hydrogen-bond donors (Lipinski definition) is 1. The third-order valence-electron chi connectivity index (χ3n) is 4.18. The number of halogens is 2. The molecule has 2 aromatic heterocycles. The monoisotopic (exact) mass is 379 g/mol. The van der Waals surface area contributed by atoms with Gasteiger partial charge in [-0.2, -0.15) is 0 Å². The first-order valence-corrected chi connectivity index (χ1v) is 8.63. The number of fused-ring (bicyclic) bond motifs is 1. The van der Waals surface area contributed by atoms with Gasteiger partial charge in [0.05, 0.1) is 17.8 Å². The largest absolute Gasteiger partial charge is 0.497 e. The Morgan fingerprint density at radius 1 is 1.07 bits per heavy atom. The van der Waals surface area contributed by atoms with Gasteiger partial charge in [0.15, 0.2) is 0 Å². The summed E-state index contributed by atoms with van der Waals surface area (Å²) in [4.78, 5) is 8.91. The molecule has 0 aliphatic rings. The fourth-order valence-corrected chi connectivity index (χ4v) is 3.00. The molecule has 134 valence electrons. The third kappa shape index (κ3) is 3.55. The number of nitrogens with zero attached hydrogens (tertiary/aromatic N) is 2. The highest BCUT2D eigenvalue weighted by molar-refractivity contribution is 6.31. The molecule has 0 spiro atoms. The van der Waals surface area contributed by atoms with Crippen molar-refractivity contribution >= 4 is 33.9 Å². The van der Waals surface area contributed by atoms with Gasteiger partial charge in [-0.25, -0.2) is 9.37 Å². The molecule has 2 aromatic carbocycles. The van der Waals surface area contributed by atoms with Crippen LogP contribution in [0.3, 0.4) is 0 Å². The Hall–Kier alpha value is -3.18. The van der Waals surface area contributed by atoms with Crippen LogP contribution in [0.2, 0.25) is 5.02 Å². The van der Waals surface area contributed by atoms with Crippen LogP contribution in [0.5, 0.6) is 5.75 Å². The fraction of sp³-hybridized carbons (Fsp3) is 0.0476. The van der Waals surface area contributed by atoms with Crippen molar-refractivity contribution < 1.29 is 9.13 Å². The van der Waals surface area contributed by atoms with Crippen LogP contribution < -0.4 is 10.1 Å². The second-order valence-corrected chi connectivity index (χ2v) is 6.35. The standard InChI is InChI=1S/C21H15ClFN3O/c1-27-16-6-4-13-9-20(14-3-2-8-24-12-14)26-21(17(13)11-16)25-15-5-7-19(23)18(22)10-15/h2-12H,1H3,(H,25,26). The lowest BCUT2D eigenvalue weighted by molar-refractivity contribution is 0.415. The third-order valence-corrected chi connectivity index (χ3v) is 4.47. The van der Waals surface area contributed by atoms with E-state index in [4.69, 9.17) is 21.3 Å². The molecular formula is C21H15ClFN3O. The zero-order chi connectivity index (χ0) is 18.8. The lowest BCUT2D eigenvalue weighted by atomic mass is 10.1. The number of benzene rings is 2. The van der Waals surface area contributed by atoms with Gasteiger partial charge in [0.2, 0.25) is 0 Å². The first-order valence-electron chi connectivity index (χ1n) is 8.25. The Bertz CT molecular complexity index is 1120. The van der Waals surface area contributed by atoms with E-state index in [1.54, 1.807) is 25.6 Å². The molecule has 0 atom stereocenters.